The van der Waals surface area contributed by atoms with Gasteiger partial charge >= 0.3 is 39.5 Å². The number of phosphoric ester groups is 2. The van der Waals surface area contributed by atoms with Crippen LogP contribution >= 0.6 is 15.6 Å². The molecule has 0 aromatic heterocycles. The summed E-state index contributed by atoms with van der Waals surface area (Å²) in [6.45, 7) is 12.0. The lowest BCUT2D eigenvalue weighted by atomic mass is 9.99. The largest absolute Gasteiger partial charge is 0.472 e. The van der Waals surface area contributed by atoms with E-state index in [0.29, 0.717) is 25.7 Å². The summed E-state index contributed by atoms with van der Waals surface area (Å²) in [5, 5.41) is 10.6. The predicted molar refractivity (Wildman–Crippen MR) is 409 cm³/mol. The molecule has 4 unspecified atom stereocenters. The standard InChI is InChI=1S/C81H158O17P2/c1-8-11-12-13-14-31-41-48-55-62-78(83)91-68-77(98-81(86)65-58-51-44-37-36-38-45-52-59-72(4)5)71-96-100(89,90)94-67-75(82)66-93-99(87,88)95-70-76(69-92-79(84)63-56-49-42-34-29-25-22-21-24-28-33-40-47-54-61-74(7)10-3)97-80(85)64-57-50-43-35-30-26-20-18-16-15-17-19-23-27-32-39-46-53-60-73(6)9-2/h72-77,82H,8-71H2,1-7H3,(H,87,88)(H,89,90)/t73?,74?,75-,76-,77-/m1/s1. The van der Waals surface area contributed by atoms with Gasteiger partial charge in [0.1, 0.15) is 19.3 Å². The maximum Gasteiger partial charge on any atom is 0.472 e. The first kappa shape index (κ1) is 98.1. The van der Waals surface area contributed by atoms with E-state index in [0.717, 1.165) is 108 Å². The zero-order valence-corrected chi connectivity index (χ0v) is 67.5. The third kappa shape index (κ3) is 71.7. The van der Waals surface area contributed by atoms with Crippen LogP contribution in [0.2, 0.25) is 0 Å². The Balaban J connectivity index is 5.19. The maximum atomic E-state index is 13.1. The van der Waals surface area contributed by atoms with E-state index in [1.165, 1.54) is 231 Å². The van der Waals surface area contributed by atoms with E-state index in [1.54, 1.807) is 0 Å². The molecule has 17 nitrogen and oxygen atoms in total. The van der Waals surface area contributed by atoms with Crippen molar-refractivity contribution in [2.75, 3.05) is 39.6 Å². The number of carbonyl (C=O) groups excluding carboxylic acids is 4. The van der Waals surface area contributed by atoms with Crippen LogP contribution in [0.5, 0.6) is 0 Å². The molecule has 0 bridgehead atoms. The molecule has 0 aliphatic carbocycles. The Morgan fingerprint density at radius 2 is 0.510 bits per heavy atom. The third-order valence-electron chi connectivity index (χ3n) is 19.6. The monoisotopic (exact) mass is 1470 g/mol. The molecule has 0 saturated carbocycles. The Labute approximate surface area is 613 Å². The molecule has 0 aliphatic rings. The number of unbranched alkanes of at least 4 members (excludes halogenated alkanes) is 45. The molecule has 0 aromatic carbocycles. The summed E-state index contributed by atoms with van der Waals surface area (Å²) in [6.07, 6.45) is 59.7. The van der Waals surface area contributed by atoms with Crippen LogP contribution in [-0.4, -0.2) is 96.7 Å². The molecular formula is C81H158O17P2. The predicted octanol–water partition coefficient (Wildman–Crippen LogP) is 24.1. The zero-order chi connectivity index (χ0) is 73.7. The molecule has 19 heteroatoms. The number of phosphoric acid groups is 2. The van der Waals surface area contributed by atoms with E-state index in [2.05, 4.69) is 48.5 Å². The summed E-state index contributed by atoms with van der Waals surface area (Å²) in [7, 11) is -9.92. The van der Waals surface area contributed by atoms with Gasteiger partial charge in [-0.1, -0.05) is 370 Å². The molecule has 0 amide bonds. The minimum Gasteiger partial charge on any atom is -0.462 e. The van der Waals surface area contributed by atoms with E-state index in [-0.39, 0.29) is 25.7 Å². The average Bonchev–Trinajstić information content (AvgIpc) is 0.917. The molecule has 0 radical (unpaired) electrons. The van der Waals surface area contributed by atoms with Crippen molar-refractivity contribution in [1.82, 2.24) is 0 Å². The number of hydrogen-bond acceptors (Lipinski definition) is 15. The quantitative estimate of drug-likeness (QED) is 0.0222. The molecule has 100 heavy (non-hydrogen) atoms. The highest BCUT2D eigenvalue weighted by atomic mass is 31.2. The van der Waals surface area contributed by atoms with E-state index in [4.69, 9.17) is 37.0 Å². The highest BCUT2D eigenvalue weighted by Crippen LogP contribution is 2.45. The Morgan fingerprint density at radius 3 is 0.760 bits per heavy atom. The SMILES string of the molecule is CCCCCCCCCCCC(=O)OC[C@H](COP(=O)(O)OC[C@H](O)COP(=O)(O)OC[C@@H](COC(=O)CCCCCCCCCCCCCCCCC(C)CC)OC(=O)CCCCCCCCCCCCCCCCCCCCC(C)CC)OC(=O)CCCCCCCCCCC(C)C. The first-order valence-corrected chi connectivity index (χ1v) is 44.9. The van der Waals surface area contributed by atoms with Crippen LogP contribution in [0, 0.1) is 17.8 Å². The van der Waals surface area contributed by atoms with Crippen molar-refractivity contribution in [2.45, 2.75) is 439 Å². The molecule has 0 heterocycles. The van der Waals surface area contributed by atoms with Gasteiger partial charge in [-0.3, -0.25) is 37.3 Å². The number of aliphatic hydroxyl groups is 1. The van der Waals surface area contributed by atoms with Crippen molar-refractivity contribution in [2.24, 2.45) is 17.8 Å². The fraction of sp³-hybridized carbons (Fsp3) is 0.951. The highest BCUT2D eigenvalue weighted by Gasteiger charge is 2.30. The molecule has 0 spiro atoms. The van der Waals surface area contributed by atoms with Gasteiger partial charge in [0.05, 0.1) is 26.4 Å². The maximum absolute atomic E-state index is 13.1. The average molecular weight is 1470 g/mol. The van der Waals surface area contributed by atoms with E-state index in [1.807, 2.05) is 0 Å². The molecular weight excluding hydrogens is 1310 g/mol. The van der Waals surface area contributed by atoms with Crippen molar-refractivity contribution in [1.29, 1.82) is 0 Å². The number of ether oxygens (including phenoxy) is 4. The van der Waals surface area contributed by atoms with Crippen molar-refractivity contribution >= 4 is 39.5 Å². The van der Waals surface area contributed by atoms with Crippen LogP contribution in [0.15, 0.2) is 0 Å². The minimum absolute atomic E-state index is 0.105. The fourth-order valence-corrected chi connectivity index (χ4v) is 14.0. The molecule has 7 atom stereocenters. The first-order valence-electron chi connectivity index (χ1n) is 41.9. The number of carbonyl (C=O) groups is 4. The van der Waals surface area contributed by atoms with Crippen molar-refractivity contribution in [3.8, 4) is 0 Å². The smallest absolute Gasteiger partial charge is 0.462 e. The van der Waals surface area contributed by atoms with Gasteiger partial charge in [0.25, 0.3) is 0 Å². The Kier molecular flexibility index (Phi) is 69.9. The van der Waals surface area contributed by atoms with E-state index < -0.39 is 97.5 Å². The zero-order valence-electron chi connectivity index (χ0n) is 65.7. The van der Waals surface area contributed by atoms with Crippen LogP contribution in [0.4, 0.5) is 0 Å². The summed E-state index contributed by atoms with van der Waals surface area (Å²) >= 11 is 0. The molecule has 0 saturated heterocycles. The number of rotatable bonds is 79. The normalized spacial score (nSPS) is 14.5. The summed E-state index contributed by atoms with van der Waals surface area (Å²) in [5.74, 6) is 0.325. The Morgan fingerprint density at radius 1 is 0.290 bits per heavy atom. The van der Waals surface area contributed by atoms with Crippen LogP contribution in [0.1, 0.15) is 421 Å². The minimum atomic E-state index is -4.96. The number of aliphatic hydroxyl groups excluding tert-OH is 1. The summed E-state index contributed by atoms with van der Waals surface area (Å²) in [5.41, 5.74) is 0. The molecule has 0 aromatic rings. The van der Waals surface area contributed by atoms with Gasteiger partial charge in [-0.15, -0.1) is 0 Å². The van der Waals surface area contributed by atoms with Crippen LogP contribution in [0.3, 0.4) is 0 Å². The van der Waals surface area contributed by atoms with Gasteiger partial charge in [0.2, 0.25) is 0 Å². The van der Waals surface area contributed by atoms with Gasteiger partial charge in [0, 0.05) is 25.7 Å². The third-order valence-corrected chi connectivity index (χ3v) is 21.5. The second-order valence-electron chi connectivity index (χ2n) is 30.1. The fourth-order valence-electron chi connectivity index (χ4n) is 12.4. The highest BCUT2D eigenvalue weighted by molar-refractivity contribution is 7.47. The molecule has 0 aliphatic heterocycles. The second-order valence-corrected chi connectivity index (χ2v) is 33.0. The van der Waals surface area contributed by atoms with Crippen molar-refractivity contribution < 1.29 is 80.2 Å². The Bertz CT molecular complexity index is 1940. The lowest BCUT2D eigenvalue weighted by Gasteiger charge is -2.21. The van der Waals surface area contributed by atoms with Gasteiger partial charge in [-0.2, -0.15) is 0 Å². The Hall–Kier alpha value is -1.94. The molecule has 594 valence electrons. The lowest BCUT2D eigenvalue weighted by molar-refractivity contribution is -0.161. The molecule has 3 N–H and O–H groups in total. The van der Waals surface area contributed by atoms with Crippen molar-refractivity contribution in [3.05, 3.63) is 0 Å². The topological polar surface area (TPSA) is 237 Å². The second kappa shape index (κ2) is 71.3. The van der Waals surface area contributed by atoms with Crippen LogP contribution < -0.4 is 0 Å². The summed E-state index contributed by atoms with van der Waals surface area (Å²) in [6, 6.07) is 0. The molecule has 0 rings (SSSR count). The summed E-state index contributed by atoms with van der Waals surface area (Å²) < 4.78 is 68.6. The van der Waals surface area contributed by atoms with Crippen molar-refractivity contribution in [3.63, 3.8) is 0 Å². The van der Waals surface area contributed by atoms with Crippen LogP contribution in [-0.2, 0) is 65.4 Å². The number of esters is 4. The first-order chi connectivity index (χ1) is 48.3. The van der Waals surface area contributed by atoms with E-state index in [9.17, 15) is 43.2 Å². The van der Waals surface area contributed by atoms with Gasteiger partial charge in [-0.25, -0.2) is 9.13 Å². The summed E-state index contributed by atoms with van der Waals surface area (Å²) in [4.78, 5) is 72.9. The van der Waals surface area contributed by atoms with Gasteiger partial charge in [-0.05, 0) is 43.4 Å². The van der Waals surface area contributed by atoms with Crippen LogP contribution in [0.25, 0.3) is 0 Å². The van der Waals surface area contributed by atoms with E-state index >= 15 is 0 Å². The lowest BCUT2D eigenvalue weighted by Crippen LogP contribution is -2.30. The van der Waals surface area contributed by atoms with Gasteiger partial charge < -0.3 is 33.8 Å². The molecule has 0 fully saturated rings. The van der Waals surface area contributed by atoms with Gasteiger partial charge in [0.15, 0.2) is 12.2 Å². The number of hydrogen-bond donors (Lipinski definition) is 3.